The minimum atomic E-state index is -0.436. The van der Waals surface area contributed by atoms with Crippen molar-refractivity contribution >= 4 is 17.7 Å². The molecule has 138 valence electrons. The van der Waals surface area contributed by atoms with E-state index in [2.05, 4.69) is 5.32 Å². The Morgan fingerprint density at radius 3 is 2.56 bits per heavy atom. The lowest BCUT2D eigenvalue weighted by Crippen LogP contribution is -2.37. The maximum atomic E-state index is 12.1. The molecule has 1 heterocycles. The van der Waals surface area contributed by atoms with Crippen molar-refractivity contribution in [2.24, 2.45) is 5.92 Å². The summed E-state index contributed by atoms with van der Waals surface area (Å²) in [5, 5.41) is 2.87. The molecule has 7 heteroatoms. The number of cyclic esters (lactones) is 1. The molecule has 2 amide bonds. The van der Waals surface area contributed by atoms with E-state index >= 15 is 0 Å². The lowest BCUT2D eigenvalue weighted by molar-refractivity contribution is -0.125. The zero-order valence-electron chi connectivity index (χ0n) is 15.2. The van der Waals surface area contributed by atoms with E-state index in [0.29, 0.717) is 30.3 Å². The average Bonchev–Trinajstić information content (AvgIpc) is 3.01. The molecule has 1 unspecified atom stereocenters. The Bertz CT molecular complexity index is 615. The third kappa shape index (κ3) is 4.35. The van der Waals surface area contributed by atoms with Gasteiger partial charge in [-0.2, -0.15) is 0 Å². The van der Waals surface area contributed by atoms with Gasteiger partial charge >= 0.3 is 6.09 Å². The van der Waals surface area contributed by atoms with Crippen LogP contribution in [-0.2, 0) is 9.53 Å². The van der Waals surface area contributed by atoms with E-state index in [1.54, 1.807) is 32.4 Å². The number of benzene rings is 1. The van der Waals surface area contributed by atoms with Gasteiger partial charge in [0.05, 0.1) is 33.0 Å². The predicted octanol–water partition coefficient (Wildman–Crippen LogP) is 2.58. The van der Waals surface area contributed by atoms with E-state index in [1.807, 2.05) is 13.8 Å². The van der Waals surface area contributed by atoms with E-state index in [-0.39, 0.29) is 17.9 Å². The Hall–Kier alpha value is -2.44. The summed E-state index contributed by atoms with van der Waals surface area (Å²) in [5.41, 5.74) is 0.663. The number of hydrogen-bond acceptors (Lipinski definition) is 5. The summed E-state index contributed by atoms with van der Waals surface area (Å²) in [5.74, 6) is 1.13. The van der Waals surface area contributed by atoms with Gasteiger partial charge in [-0.3, -0.25) is 9.69 Å². The Balaban J connectivity index is 1.99. The smallest absolute Gasteiger partial charge is 0.414 e. The zero-order valence-corrected chi connectivity index (χ0v) is 15.2. The van der Waals surface area contributed by atoms with Crippen LogP contribution in [0.5, 0.6) is 11.5 Å². The van der Waals surface area contributed by atoms with Gasteiger partial charge in [-0.1, -0.05) is 13.8 Å². The quantitative estimate of drug-likeness (QED) is 0.780. The fourth-order valence-corrected chi connectivity index (χ4v) is 2.85. The minimum Gasteiger partial charge on any atom is -0.493 e. The van der Waals surface area contributed by atoms with E-state index in [0.717, 1.165) is 12.8 Å². The van der Waals surface area contributed by atoms with Crippen molar-refractivity contribution in [1.82, 2.24) is 5.32 Å². The van der Waals surface area contributed by atoms with Crippen LogP contribution in [0.1, 0.15) is 26.7 Å². The third-order valence-corrected chi connectivity index (χ3v) is 4.41. The highest BCUT2D eigenvalue weighted by Gasteiger charge is 2.33. The molecule has 1 aliphatic rings. The Morgan fingerprint density at radius 1 is 1.28 bits per heavy atom. The van der Waals surface area contributed by atoms with E-state index < -0.39 is 6.09 Å². The first-order chi connectivity index (χ1) is 12.0. The summed E-state index contributed by atoms with van der Waals surface area (Å²) in [7, 11) is 3.10. The standard InChI is InChI=1S/C18H26N2O5/c1-5-12(6-2)17(21)19-10-14-11-20(18(22)25-14)13-7-8-15(23-3)16(9-13)24-4/h7-9,12,14H,5-6,10-11H2,1-4H3,(H,19,21). The molecule has 25 heavy (non-hydrogen) atoms. The molecule has 0 aromatic heterocycles. The van der Waals surface area contributed by atoms with Gasteiger partial charge in [0.25, 0.3) is 0 Å². The number of amides is 2. The summed E-state index contributed by atoms with van der Waals surface area (Å²) in [6.45, 7) is 4.66. The number of anilines is 1. The summed E-state index contributed by atoms with van der Waals surface area (Å²) < 4.78 is 15.8. The average molecular weight is 350 g/mol. The summed E-state index contributed by atoms with van der Waals surface area (Å²) >= 11 is 0. The first-order valence-corrected chi connectivity index (χ1v) is 8.51. The molecular weight excluding hydrogens is 324 g/mol. The molecule has 0 bridgehead atoms. The van der Waals surface area contributed by atoms with Crippen molar-refractivity contribution in [2.45, 2.75) is 32.8 Å². The minimum absolute atomic E-state index is 0.000873. The maximum absolute atomic E-state index is 12.1. The summed E-state index contributed by atoms with van der Waals surface area (Å²) in [4.78, 5) is 25.7. The van der Waals surface area contributed by atoms with Crippen molar-refractivity contribution in [3.05, 3.63) is 18.2 Å². The number of nitrogens with one attached hydrogen (secondary N) is 1. The molecule has 7 nitrogen and oxygen atoms in total. The molecule has 0 saturated carbocycles. The van der Waals surface area contributed by atoms with Crippen molar-refractivity contribution in [3.8, 4) is 11.5 Å². The van der Waals surface area contributed by atoms with Crippen LogP contribution >= 0.6 is 0 Å². The van der Waals surface area contributed by atoms with Gasteiger partial charge in [0.15, 0.2) is 11.5 Å². The van der Waals surface area contributed by atoms with Crippen LogP contribution in [0.4, 0.5) is 10.5 Å². The van der Waals surface area contributed by atoms with E-state index in [9.17, 15) is 9.59 Å². The lowest BCUT2D eigenvalue weighted by Gasteiger charge is -2.16. The van der Waals surface area contributed by atoms with Gasteiger partial charge in [0.1, 0.15) is 6.10 Å². The number of ether oxygens (including phenoxy) is 3. The lowest BCUT2D eigenvalue weighted by atomic mass is 10.0. The fourth-order valence-electron chi connectivity index (χ4n) is 2.85. The third-order valence-electron chi connectivity index (χ3n) is 4.41. The highest BCUT2D eigenvalue weighted by atomic mass is 16.6. The molecule has 1 N–H and O–H groups in total. The molecule has 2 rings (SSSR count). The normalized spacial score (nSPS) is 16.8. The van der Waals surface area contributed by atoms with Gasteiger partial charge < -0.3 is 19.5 Å². The molecule has 0 spiro atoms. The van der Waals surface area contributed by atoms with Crippen LogP contribution in [0.15, 0.2) is 18.2 Å². The van der Waals surface area contributed by atoms with Crippen LogP contribution in [0.25, 0.3) is 0 Å². The fraction of sp³-hybridized carbons (Fsp3) is 0.556. The molecular formula is C18H26N2O5. The Labute approximate surface area is 148 Å². The largest absolute Gasteiger partial charge is 0.493 e. The van der Waals surface area contributed by atoms with Crippen LogP contribution in [-0.4, -0.2) is 45.4 Å². The predicted molar refractivity (Wildman–Crippen MR) is 94.2 cm³/mol. The van der Waals surface area contributed by atoms with Gasteiger partial charge in [-0.15, -0.1) is 0 Å². The maximum Gasteiger partial charge on any atom is 0.414 e. The first kappa shape index (κ1) is 18.9. The monoisotopic (exact) mass is 350 g/mol. The van der Waals surface area contributed by atoms with Gasteiger partial charge in [0.2, 0.25) is 5.91 Å². The molecule has 0 radical (unpaired) electrons. The van der Waals surface area contributed by atoms with E-state index in [1.165, 1.54) is 4.90 Å². The van der Waals surface area contributed by atoms with Crippen LogP contribution in [0.3, 0.4) is 0 Å². The molecule has 1 aliphatic heterocycles. The second-order valence-electron chi connectivity index (χ2n) is 5.91. The van der Waals surface area contributed by atoms with Gasteiger partial charge in [-0.25, -0.2) is 4.79 Å². The SMILES string of the molecule is CCC(CC)C(=O)NCC1CN(c2ccc(OC)c(OC)c2)C(=O)O1. The zero-order chi connectivity index (χ0) is 18.4. The first-order valence-electron chi connectivity index (χ1n) is 8.51. The Kier molecular flexibility index (Phi) is 6.50. The number of rotatable bonds is 8. The molecule has 1 atom stereocenters. The second kappa shape index (κ2) is 8.60. The molecule has 1 fully saturated rings. The number of carbonyl (C=O) groups is 2. The number of carbonyl (C=O) groups excluding carboxylic acids is 2. The molecule has 1 saturated heterocycles. The number of nitrogens with zero attached hydrogens (tertiary/aromatic N) is 1. The summed E-state index contributed by atoms with van der Waals surface area (Å²) in [6, 6.07) is 5.24. The van der Waals surface area contributed by atoms with Gasteiger partial charge in [0, 0.05) is 12.0 Å². The highest BCUT2D eigenvalue weighted by molar-refractivity contribution is 5.90. The molecule has 1 aromatic rings. The number of hydrogen-bond donors (Lipinski definition) is 1. The Morgan fingerprint density at radius 2 is 1.96 bits per heavy atom. The van der Waals surface area contributed by atoms with Gasteiger partial charge in [-0.05, 0) is 25.0 Å². The second-order valence-corrected chi connectivity index (χ2v) is 5.91. The topological polar surface area (TPSA) is 77.1 Å². The molecule has 0 aliphatic carbocycles. The number of methoxy groups -OCH3 is 2. The van der Waals surface area contributed by atoms with Crippen molar-refractivity contribution in [1.29, 1.82) is 0 Å². The van der Waals surface area contributed by atoms with E-state index in [4.69, 9.17) is 14.2 Å². The summed E-state index contributed by atoms with van der Waals surface area (Å²) in [6.07, 6.45) is 0.780. The van der Waals surface area contributed by atoms with Crippen LogP contribution < -0.4 is 19.7 Å². The van der Waals surface area contributed by atoms with Crippen molar-refractivity contribution in [3.63, 3.8) is 0 Å². The van der Waals surface area contributed by atoms with Crippen molar-refractivity contribution in [2.75, 3.05) is 32.2 Å². The van der Waals surface area contributed by atoms with Crippen LogP contribution in [0.2, 0.25) is 0 Å². The van der Waals surface area contributed by atoms with Crippen molar-refractivity contribution < 1.29 is 23.8 Å². The van der Waals surface area contributed by atoms with Crippen LogP contribution in [0, 0.1) is 5.92 Å². The molecule has 1 aromatic carbocycles. The highest BCUT2D eigenvalue weighted by Crippen LogP contribution is 2.33.